The summed E-state index contributed by atoms with van der Waals surface area (Å²) < 4.78 is 0. The fourth-order valence-electron chi connectivity index (χ4n) is 3.45. The van der Waals surface area contributed by atoms with Gasteiger partial charge in [0, 0.05) is 29.4 Å². The van der Waals surface area contributed by atoms with E-state index in [1.54, 1.807) is 12.1 Å². The third-order valence-electron chi connectivity index (χ3n) is 4.57. The van der Waals surface area contributed by atoms with E-state index in [9.17, 15) is 9.90 Å². The minimum atomic E-state index is -0.890. The second kappa shape index (κ2) is 5.95. The van der Waals surface area contributed by atoms with Gasteiger partial charge < -0.3 is 10.0 Å². The topological polar surface area (TPSA) is 53.4 Å². The van der Waals surface area contributed by atoms with Crippen molar-refractivity contribution in [3.63, 3.8) is 0 Å². The lowest BCUT2D eigenvalue weighted by Crippen LogP contribution is -2.39. The number of carbonyl (C=O) groups is 1. The summed E-state index contributed by atoms with van der Waals surface area (Å²) >= 11 is 0. The standard InChI is InChI=1S/C18H22N2O2/c1-3-14-6-4-5-9-20(14)17-10-12(2)19-16-8-7-13(18(21)22)11-15(16)17/h7-8,10-11,14H,3-6,9H2,1-2H3,(H,21,22). The molecule has 1 aromatic carbocycles. The lowest BCUT2D eigenvalue weighted by atomic mass is 9.97. The molecule has 1 saturated heterocycles. The van der Waals surface area contributed by atoms with Crippen LogP contribution in [0.25, 0.3) is 10.9 Å². The molecule has 0 radical (unpaired) electrons. The SMILES string of the molecule is CCC1CCCCN1c1cc(C)nc2ccc(C(=O)O)cc12. The molecule has 22 heavy (non-hydrogen) atoms. The maximum absolute atomic E-state index is 11.3. The Morgan fingerprint density at radius 2 is 2.18 bits per heavy atom. The molecule has 0 spiro atoms. The van der Waals surface area contributed by atoms with Gasteiger partial charge in [0.1, 0.15) is 0 Å². The highest BCUT2D eigenvalue weighted by Crippen LogP contribution is 2.33. The summed E-state index contributed by atoms with van der Waals surface area (Å²) in [5.74, 6) is -0.890. The Labute approximate surface area is 130 Å². The zero-order valence-corrected chi connectivity index (χ0v) is 13.2. The Morgan fingerprint density at radius 3 is 2.91 bits per heavy atom. The fraction of sp³-hybridized carbons (Fsp3) is 0.444. The average Bonchev–Trinajstić information content (AvgIpc) is 2.53. The van der Waals surface area contributed by atoms with Crippen molar-refractivity contribution in [1.29, 1.82) is 0 Å². The molecule has 1 unspecified atom stereocenters. The minimum Gasteiger partial charge on any atom is -0.478 e. The first-order valence-corrected chi connectivity index (χ1v) is 8.01. The van der Waals surface area contributed by atoms with Gasteiger partial charge in [-0.2, -0.15) is 0 Å². The number of aryl methyl sites for hydroxylation is 1. The second-order valence-corrected chi connectivity index (χ2v) is 6.07. The summed E-state index contributed by atoms with van der Waals surface area (Å²) in [4.78, 5) is 18.3. The molecule has 4 heteroatoms. The highest BCUT2D eigenvalue weighted by Gasteiger charge is 2.23. The van der Waals surface area contributed by atoms with E-state index >= 15 is 0 Å². The van der Waals surface area contributed by atoms with Crippen LogP contribution in [0.4, 0.5) is 5.69 Å². The lowest BCUT2D eigenvalue weighted by molar-refractivity contribution is 0.0697. The van der Waals surface area contributed by atoms with Gasteiger partial charge in [0.25, 0.3) is 0 Å². The van der Waals surface area contributed by atoms with Crippen molar-refractivity contribution in [2.24, 2.45) is 0 Å². The van der Waals surface area contributed by atoms with E-state index in [2.05, 4.69) is 22.9 Å². The molecule has 116 valence electrons. The van der Waals surface area contributed by atoms with Crippen LogP contribution >= 0.6 is 0 Å². The van der Waals surface area contributed by atoms with Crippen molar-refractivity contribution in [2.45, 2.75) is 45.6 Å². The smallest absolute Gasteiger partial charge is 0.335 e. The van der Waals surface area contributed by atoms with Crippen molar-refractivity contribution in [3.05, 3.63) is 35.5 Å². The summed E-state index contributed by atoms with van der Waals surface area (Å²) in [5, 5.41) is 10.2. The molecule has 2 heterocycles. The first kappa shape index (κ1) is 14.8. The van der Waals surface area contributed by atoms with Crippen LogP contribution in [0, 0.1) is 6.92 Å². The van der Waals surface area contributed by atoms with Crippen LogP contribution in [0.1, 0.15) is 48.7 Å². The summed E-state index contributed by atoms with van der Waals surface area (Å²) in [7, 11) is 0. The maximum Gasteiger partial charge on any atom is 0.335 e. The molecule has 0 aliphatic carbocycles. The molecule has 1 atom stereocenters. The van der Waals surface area contributed by atoms with Gasteiger partial charge in [0.05, 0.1) is 11.1 Å². The monoisotopic (exact) mass is 298 g/mol. The first-order valence-electron chi connectivity index (χ1n) is 8.01. The molecule has 0 amide bonds. The Morgan fingerprint density at radius 1 is 1.36 bits per heavy atom. The fourth-order valence-corrected chi connectivity index (χ4v) is 3.45. The van der Waals surface area contributed by atoms with E-state index in [-0.39, 0.29) is 0 Å². The van der Waals surface area contributed by atoms with Crippen LogP contribution in [-0.4, -0.2) is 28.6 Å². The molecule has 3 rings (SSSR count). The van der Waals surface area contributed by atoms with Crippen LogP contribution in [0.3, 0.4) is 0 Å². The van der Waals surface area contributed by atoms with Gasteiger partial charge in [0.2, 0.25) is 0 Å². The molecule has 1 aliphatic heterocycles. The molecular weight excluding hydrogens is 276 g/mol. The van der Waals surface area contributed by atoms with E-state index < -0.39 is 5.97 Å². The van der Waals surface area contributed by atoms with Crippen LogP contribution in [0.5, 0.6) is 0 Å². The molecule has 4 nitrogen and oxygen atoms in total. The third kappa shape index (κ3) is 2.65. The highest BCUT2D eigenvalue weighted by atomic mass is 16.4. The van der Waals surface area contributed by atoms with Crippen molar-refractivity contribution in [1.82, 2.24) is 4.98 Å². The number of pyridine rings is 1. The predicted molar refractivity (Wildman–Crippen MR) is 88.7 cm³/mol. The van der Waals surface area contributed by atoms with E-state index in [0.717, 1.165) is 35.2 Å². The second-order valence-electron chi connectivity index (χ2n) is 6.07. The van der Waals surface area contributed by atoms with Gasteiger partial charge >= 0.3 is 5.97 Å². The first-order chi connectivity index (χ1) is 10.6. The number of fused-ring (bicyclic) bond motifs is 1. The number of rotatable bonds is 3. The number of aromatic carboxylic acids is 1. The van der Waals surface area contributed by atoms with Crippen LogP contribution < -0.4 is 4.90 Å². The minimum absolute atomic E-state index is 0.324. The molecule has 2 aromatic rings. The number of nitrogens with zero attached hydrogens (tertiary/aromatic N) is 2. The van der Waals surface area contributed by atoms with Crippen LogP contribution in [0.15, 0.2) is 24.3 Å². The van der Waals surface area contributed by atoms with Crippen LogP contribution in [0.2, 0.25) is 0 Å². The molecule has 1 N–H and O–H groups in total. The number of anilines is 1. The Kier molecular flexibility index (Phi) is 4.01. The van der Waals surface area contributed by atoms with E-state index in [1.807, 2.05) is 13.0 Å². The summed E-state index contributed by atoms with van der Waals surface area (Å²) in [6.45, 7) is 5.26. The van der Waals surface area contributed by atoms with Gasteiger partial charge in [-0.25, -0.2) is 4.79 Å². The Balaban J connectivity index is 2.17. The summed E-state index contributed by atoms with van der Waals surface area (Å²) in [6, 6.07) is 7.85. The zero-order chi connectivity index (χ0) is 15.7. The molecule has 1 fully saturated rings. The quantitative estimate of drug-likeness (QED) is 0.930. The number of hydrogen-bond acceptors (Lipinski definition) is 3. The summed E-state index contributed by atoms with van der Waals surface area (Å²) in [6.07, 6.45) is 4.79. The van der Waals surface area contributed by atoms with Gasteiger partial charge in [-0.3, -0.25) is 4.98 Å². The number of hydrogen-bond donors (Lipinski definition) is 1. The van der Waals surface area contributed by atoms with Gasteiger partial charge in [-0.05, 0) is 56.9 Å². The Bertz CT molecular complexity index is 712. The van der Waals surface area contributed by atoms with Crippen molar-refractivity contribution < 1.29 is 9.90 Å². The maximum atomic E-state index is 11.3. The predicted octanol–water partition coefficient (Wildman–Crippen LogP) is 4.01. The molecule has 1 aromatic heterocycles. The van der Waals surface area contributed by atoms with E-state index in [1.165, 1.54) is 19.3 Å². The number of carboxylic acid groups (broad SMARTS) is 1. The van der Waals surface area contributed by atoms with Gasteiger partial charge in [0.15, 0.2) is 0 Å². The lowest BCUT2D eigenvalue weighted by Gasteiger charge is -2.38. The van der Waals surface area contributed by atoms with Crippen molar-refractivity contribution in [3.8, 4) is 0 Å². The number of piperidine rings is 1. The van der Waals surface area contributed by atoms with E-state index in [4.69, 9.17) is 0 Å². The molecule has 1 aliphatic rings. The van der Waals surface area contributed by atoms with Crippen LogP contribution in [-0.2, 0) is 0 Å². The number of carboxylic acids is 1. The highest BCUT2D eigenvalue weighted by molar-refractivity contribution is 5.98. The zero-order valence-electron chi connectivity index (χ0n) is 13.2. The number of benzene rings is 1. The van der Waals surface area contributed by atoms with Gasteiger partial charge in [-0.1, -0.05) is 6.92 Å². The Hall–Kier alpha value is -2.10. The summed E-state index contributed by atoms with van der Waals surface area (Å²) in [5.41, 5.74) is 3.31. The van der Waals surface area contributed by atoms with E-state index in [0.29, 0.717) is 11.6 Å². The van der Waals surface area contributed by atoms with Crippen molar-refractivity contribution >= 4 is 22.6 Å². The molecule has 0 bridgehead atoms. The van der Waals surface area contributed by atoms with Gasteiger partial charge in [-0.15, -0.1) is 0 Å². The molecular formula is C18H22N2O2. The third-order valence-corrected chi connectivity index (χ3v) is 4.57. The molecule has 0 saturated carbocycles. The largest absolute Gasteiger partial charge is 0.478 e. The van der Waals surface area contributed by atoms with Crippen molar-refractivity contribution in [2.75, 3.05) is 11.4 Å². The average molecular weight is 298 g/mol. The number of aromatic nitrogens is 1. The normalized spacial score (nSPS) is 18.6.